The molecule has 7 heterocycles. The summed E-state index contributed by atoms with van der Waals surface area (Å²) in [5.41, 5.74) is 29.2. The van der Waals surface area contributed by atoms with E-state index in [0.29, 0.717) is 0 Å². The highest BCUT2D eigenvalue weighted by Crippen LogP contribution is 2.45. The van der Waals surface area contributed by atoms with Crippen LogP contribution in [0, 0.1) is 0 Å². The van der Waals surface area contributed by atoms with E-state index in [-0.39, 0.29) is 0 Å². The predicted molar refractivity (Wildman–Crippen MR) is 308 cm³/mol. The largest absolute Gasteiger partial charge is 0.309 e. The lowest BCUT2D eigenvalue weighted by Crippen LogP contribution is -2.18. The van der Waals surface area contributed by atoms with E-state index >= 15 is 0 Å². The number of aromatic nitrogens is 6. The van der Waals surface area contributed by atoms with Gasteiger partial charge in [-0.05, 0) is 137 Å². The number of hydrogen-bond donors (Lipinski definition) is 0. The highest BCUT2D eigenvalue weighted by Gasteiger charge is 2.29. The normalized spacial score (nSPS) is 13.2. The molecule has 6 nitrogen and oxygen atoms in total. The van der Waals surface area contributed by atoms with Gasteiger partial charge in [0.15, 0.2) is 0 Å². The van der Waals surface area contributed by atoms with Crippen molar-refractivity contribution >= 4 is 87.7 Å². The van der Waals surface area contributed by atoms with E-state index in [0.717, 1.165) is 64.1 Å². The fraction of sp³-hybridized carbons (Fsp3) is 0.0435. The molecule has 0 spiro atoms. The first-order chi connectivity index (χ1) is 37.2. The third-order valence-corrected chi connectivity index (χ3v) is 17.0. The molecule has 6 bridgehead atoms. The van der Waals surface area contributed by atoms with E-state index in [1.54, 1.807) is 0 Å². The zero-order valence-electron chi connectivity index (χ0n) is 40.7. The van der Waals surface area contributed by atoms with Crippen molar-refractivity contribution in [2.45, 2.75) is 19.3 Å². The molecule has 0 fully saturated rings. The Bertz CT molecular complexity index is 4690. The predicted octanol–water partition coefficient (Wildman–Crippen LogP) is 16.5. The third kappa shape index (κ3) is 5.32. The van der Waals surface area contributed by atoms with Crippen molar-refractivity contribution in [3.8, 4) is 34.1 Å². The topological polar surface area (TPSA) is 29.6 Å². The smallest absolute Gasteiger partial charge is 0.0739 e. The standard InChI is InChI=1S/C69H44N6/c1-5-23-56-52(19-1)53-20-2-6-24-57(53)70(56)48-15-11-17-50(38-48)72-60-27-9-13-46-36-44-31-29-42-33-43-30-32-45-37-47-14-10-28-61-69(47)75(63(45)35-43)67-41-66(74(68(46)60)62(44)34-42)64(72)40-65(67)73(61)51-18-12-16-49(39-51)71-58-25-7-3-21-54(58)55-22-4-8-26-59(55)71/h1-32,34-35,38-41H,33,36-37H2. The van der Waals surface area contributed by atoms with Crippen molar-refractivity contribution in [1.82, 2.24) is 27.4 Å². The van der Waals surface area contributed by atoms with Crippen LogP contribution in [0.1, 0.15) is 33.4 Å². The summed E-state index contributed by atoms with van der Waals surface area (Å²) < 4.78 is 15.2. The van der Waals surface area contributed by atoms with Crippen LogP contribution in [0.3, 0.4) is 0 Å². The molecular weight excluding hydrogens is 913 g/mol. The van der Waals surface area contributed by atoms with Crippen molar-refractivity contribution in [3.63, 3.8) is 0 Å². The summed E-state index contributed by atoms with van der Waals surface area (Å²) in [4.78, 5) is 0. The van der Waals surface area contributed by atoms with Gasteiger partial charge in [-0.25, -0.2) is 0 Å². The van der Waals surface area contributed by atoms with Gasteiger partial charge in [0, 0.05) is 57.1 Å². The van der Waals surface area contributed by atoms with E-state index < -0.39 is 0 Å². The van der Waals surface area contributed by atoms with E-state index in [9.17, 15) is 0 Å². The number of fused-ring (bicyclic) bond motifs is 8. The summed E-state index contributed by atoms with van der Waals surface area (Å²) in [6.45, 7) is 0. The molecule has 75 heavy (non-hydrogen) atoms. The number of benzene rings is 11. The van der Waals surface area contributed by atoms with Gasteiger partial charge in [0.05, 0.1) is 77.6 Å². The Hall–Kier alpha value is -9.78. The molecule has 3 aliphatic heterocycles. The van der Waals surface area contributed by atoms with Crippen LogP contribution >= 0.6 is 0 Å². The van der Waals surface area contributed by atoms with Crippen LogP contribution in [0.25, 0.3) is 122 Å². The van der Waals surface area contributed by atoms with E-state index in [1.165, 1.54) is 110 Å². The Balaban J connectivity index is 1.02. The van der Waals surface area contributed by atoms with Gasteiger partial charge in [0.2, 0.25) is 0 Å². The molecule has 0 N–H and O–H groups in total. The molecule has 4 aromatic heterocycles. The molecule has 0 aliphatic carbocycles. The average molecular weight is 957 g/mol. The van der Waals surface area contributed by atoms with Gasteiger partial charge in [0.1, 0.15) is 0 Å². The monoisotopic (exact) mass is 956 g/mol. The van der Waals surface area contributed by atoms with E-state index in [1.807, 2.05) is 0 Å². The van der Waals surface area contributed by atoms with Crippen LogP contribution in [-0.2, 0) is 19.3 Å². The minimum absolute atomic E-state index is 0.849. The summed E-state index contributed by atoms with van der Waals surface area (Å²) in [5, 5.41) is 5.02. The molecule has 0 amide bonds. The fourth-order valence-corrected chi connectivity index (χ4v) is 13.9. The summed E-state index contributed by atoms with van der Waals surface area (Å²) in [5.74, 6) is 0. The van der Waals surface area contributed by atoms with Crippen molar-refractivity contribution in [3.05, 3.63) is 264 Å². The Morgan fingerprint density at radius 3 is 0.947 bits per heavy atom. The summed E-state index contributed by atoms with van der Waals surface area (Å²) in [6, 6.07) is 87.2. The highest BCUT2D eigenvalue weighted by molar-refractivity contribution is 6.11. The first-order valence-corrected chi connectivity index (χ1v) is 26.2. The van der Waals surface area contributed by atoms with E-state index in [2.05, 4.69) is 258 Å². The minimum Gasteiger partial charge on any atom is -0.309 e. The number of rotatable bonds is 4. The van der Waals surface area contributed by atoms with Crippen molar-refractivity contribution < 1.29 is 0 Å². The molecular formula is C69H44N6. The maximum Gasteiger partial charge on any atom is 0.0739 e. The van der Waals surface area contributed by atoms with Crippen LogP contribution in [0.5, 0.6) is 0 Å². The summed E-state index contributed by atoms with van der Waals surface area (Å²) >= 11 is 0. The van der Waals surface area contributed by atoms with Crippen LogP contribution < -0.4 is 0 Å². The fourth-order valence-electron chi connectivity index (χ4n) is 13.9. The molecule has 11 aromatic carbocycles. The molecule has 0 saturated heterocycles. The van der Waals surface area contributed by atoms with Gasteiger partial charge < -0.3 is 27.4 Å². The molecule has 350 valence electrons. The van der Waals surface area contributed by atoms with Gasteiger partial charge in [0.25, 0.3) is 0 Å². The number of nitrogens with zero attached hydrogens (tertiary/aromatic N) is 6. The van der Waals surface area contributed by atoms with Crippen LogP contribution in [0.2, 0.25) is 0 Å². The van der Waals surface area contributed by atoms with Crippen molar-refractivity contribution in [2.75, 3.05) is 0 Å². The zero-order valence-corrected chi connectivity index (χ0v) is 40.7. The third-order valence-electron chi connectivity index (χ3n) is 17.0. The van der Waals surface area contributed by atoms with Crippen molar-refractivity contribution in [1.29, 1.82) is 0 Å². The lowest BCUT2D eigenvalue weighted by Gasteiger charge is -2.32. The second-order valence-corrected chi connectivity index (χ2v) is 21.0. The summed E-state index contributed by atoms with van der Waals surface area (Å²) in [7, 11) is 0. The molecule has 6 heteroatoms. The minimum atomic E-state index is 0.849. The first-order valence-electron chi connectivity index (χ1n) is 26.2. The molecule has 0 unspecified atom stereocenters. The second-order valence-electron chi connectivity index (χ2n) is 21.0. The number of para-hydroxylation sites is 6. The van der Waals surface area contributed by atoms with Gasteiger partial charge in [-0.2, -0.15) is 0 Å². The van der Waals surface area contributed by atoms with Crippen molar-refractivity contribution in [2.24, 2.45) is 0 Å². The highest BCUT2D eigenvalue weighted by atomic mass is 15.1. The average Bonchev–Trinajstić information content (AvgIpc) is 4.05. The summed E-state index contributed by atoms with van der Waals surface area (Å²) in [6.07, 6.45) is 2.58. The van der Waals surface area contributed by atoms with Crippen LogP contribution in [0.15, 0.2) is 231 Å². The maximum atomic E-state index is 2.62. The van der Waals surface area contributed by atoms with E-state index in [4.69, 9.17) is 0 Å². The van der Waals surface area contributed by atoms with Gasteiger partial charge >= 0.3 is 0 Å². The van der Waals surface area contributed by atoms with Crippen LogP contribution in [0.4, 0.5) is 0 Å². The SMILES string of the molecule is c1cc(-n2c3ccccc3c3ccccc32)cc(-n2c3cc4c5cc3n3c6c(cccc62)Cc2ccc(cc2-3)Cc2ccc3c(c2)-n5c2c(cccc2n4-c2cccc(-n4c5ccccc5c5ccccc54)c2)C3)c1. The van der Waals surface area contributed by atoms with Gasteiger partial charge in [-0.3, -0.25) is 0 Å². The van der Waals surface area contributed by atoms with Gasteiger partial charge in [-0.1, -0.05) is 133 Å². The molecule has 3 aliphatic rings. The van der Waals surface area contributed by atoms with Gasteiger partial charge in [-0.15, -0.1) is 0 Å². The first kappa shape index (κ1) is 39.8. The zero-order chi connectivity index (χ0) is 48.6. The Labute approximate surface area is 430 Å². The Morgan fingerprint density at radius 2 is 0.547 bits per heavy atom. The molecule has 15 aromatic rings. The molecule has 18 rings (SSSR count). The number of hydrogen-bond acceptors (Lipinski definition) is 0. The maximum absolute atomic E-state index is 2.62. The Morgan fingerprint density at radius 1 is 0.213 bits per heavy atom. The Kier molecular flexibility index (Phi) is 7.67. The molecule has 0 radical (unpaired) electrons. The lowest BCUT2D eigenvalue weighted by atomic mass is 9.91. The second kappa shape index (κ2) is 14.5. The lowest BCUT2D eigenvalue weighted by molar-refractivity contribution is 0.979. The molecule has 0 atom stereocenters. The molecule has 0 saturated carbocycles. The van der Waals surface area contributed by atoms with Crippen LogP contribution in [-0.4, -0.2) is 27.4 Å². The quantitative estimate of drug-likeness (QED) is 0.157.